The van der Waals surface area contributed by atoms with E-state index in [0.717, 1.165) is 34.3 Å². The number of rotatable bonds is 14. The summed E-state index contributed by atoms with van der Waals surface area (Å²) >= 11 is 8.37. The van der Waals surface area contributed by atoms with Gasteiger partial charge in [0.1, 0.15) is 0 Å². The first-order chi connectivity index (χ1) is 15.6. The van der Waals surface area contributed by atoms with E-state index in [0.29, 0.717) is 18.4 Å². The number of thioether (sulfide) groups is 1. The lowest BCUT2D eigenvalue weighted by molar-refractivity contribution is 0.276. The lowest BCUT2D eigenvalue weighted by Gasteiger charge is -2.30. The molecule has 7 heteroatoms. The molecule has 2 N–H and O–H groups in total. The van der Waals surface area contributed by atoms with E-state index in [9.17, 15) is 4.57 Å². The molecule has 0 aromatic heterocycles. The standard InChI is InChI=1S/C25H35ClNO3PS/c26-23-19-21(20-27-16-8-17-30-31(28)29)11-12-24(23)32-18-7-6-15-25(13-4-5-14-25)22-9-2-1-3-10-22/h1-3,9-12,19,27,31H,4-8,13-18,20H2,(H,28,29). The molecule has 0 bridgehead atoms. The molecule has 0 aliphatic heterocycles. The maximum absolute atomic E-state index is 10.5. The fourth-order valence-corrected chi connectivity index (χ4v) is 6.25. The Bertz CT molecular complexity index is 846. The van der Waals surface area contributed by atoms with Crippen LogP contribution in [0.2, 0.25) is 5.02 Å². The largest absolute Gasteiger partial charge is 0.326 e. The highest BCUT2D eigenvalue weighted by molar-refractivity contribution is 7.99. The van der Waals surface area contributed by atoms with Crippen molar-refractivity contribution in [2.45, 2.75) is 68.2 Å². The summed E-state index contributed by atoms with van der Waals surface area (Å²) in [5, 5.41) is 4.12. The summed E-state index contributed by atoms with van der Waals surface area (Å²) in [4.78, 5) is 9.78. The van der Waals surface area contributed by atoms with E-state index in [1.807, 2.05) is 17.8 Å². The Morgan fingerprint density at radius 1 is 1.09 bits per heavy atom. The van der Waals surface area contributed by atoms with Crippen LogP contribution in [0.3, 0.4) is 0 Å². The van der Waals surface area contributed by atoms with Crippen LogP contribution in [-0.2, 0) is 21.0 Å². The maximum Gasteiger partial charge on any atom is 0.316 e. The number of halogens is 1. The van der Waals surface area contributed by atoms with Crippen molar-refractivity contribution in [3.8, 4) is 0 Å². The van der Waals surface area contributed by atoms with Crippen molar-refractivity contribution in [3.05, 3.63) is 64.7 Å². The number of unbranched alkanes of at least 4 members (excludes halogenated alkanes) is 1. The Kier molecular flexibility index (Phi) is 11.1. The summed E-state index contributed by atoms with van der Waals surface area (Å²) in [7, 11) is -2.81. The van der Waals surface area contributed by atoms with Gasteiger partial charge in [0.15, 0.2) is 0 Å². The summed E-state index contributed by atoms with van der Waals surface area (Å²) in [6, 6.07) is 17.4. The fourth-order valence-electron chi connectivity index (χ4n) is 4.63. The Morgan fingerprint density at radius 2 is 1.88 bits per heavy atom. The van der Waals surface area contributed by atoms with Crippen LogP contribution in [0.4, 0.5) is 0 Å². The van der Waals surface area contributed by atoms with Gasteiger partial charge in [0.2, 0.25) is 0 Å². The third-order valence-corrected chi connectivity index (χ3v) is 8.34. The molecular formula is C25H35ClNO3PS. The molecule has 4 nitrogen and oxygen atoms in total. The van der Waals surface area contributed by atoms with E-state index < -0.39 is 8.25 Å². The summed E-state index contributed by atoms with van der Waals surface area (Å²) < 4.78 is 15.2. The molecule has 0 spiro atoms. The molecule has 32 heavy (non-hydrogen) atoms. The first-order valence-corrected chi connectivity index (χ1v) is 14.2. The molecule has 1 aliphatic rings. The molecular weight excluding hydrogens is 461 g/mol. The van der Waals surface area contributed by atoms with Gasteiger partial charge in [-0.3, -0.25) is 4.57 Å². The van der Waals surface area contributed by atoms with Crippen LogP contribution in [0.5, 0.6) is 0 Å². The van der Waals surface area contributed by atoms with E-state index in [-0.39, 0.29) is 0 Å². The number of benzene rings is 2. The quantitative estimate of drug-likeness (QED) is 0.168. The molecule has 1 aliphatic carbocycles. The van der Waals surface area contributed by atoms with Gasteiger partial charge in [-0.25, -0.2) is 0 Å². The lowest BCUT2D eigenvalue weighted by Crippen LogP contribution is -2.21. The molecule has 0 amide bonds. The van der Waals surface area contributed by atoms with Crippen molar-refractivity contribution < 1.29 is 14.0 Å². The minimum atomic E-state index is -2.81. The van der Waals surface area contributed by atoms with Crippen LogP contribution in [0.1, 0.15) is 62.5 Å². The zero-order valence-corrected chi connectivity index (χ0v) is 21.2. The van der Waals surface area contributed by atoms with E-state index in [4.69, 9.17) is 16.5 Å². The molecule has 176 valence electrons. The Hall–Kier alpha value is -0.810. The first-order valence-electron chi connectivity index (χ1n) is 11.6. The first kappa shape index (κ1) is 25.8. The van der Waals surface area contributed by atoms with Crippen LogP contribution in [-0.4, -0.2) is 23.8 Å². The summed E-state index contributed by atoms with van der Waals surface area (Å²) in [5.74, 6) is 1.09. The molecule has 0 radical (unpaired) electrons. The smallest absolute Gasteiger partial charge is 0.316 e. The maximum atomic E-state index is 10.5. The second kappa shape index (κ2) is 13.8. The Balaban J connectivity index is 1.36. The van der Waals surface area contributed by atoms with Crippen LogP contribution in [0, 0.1) is 0 Å². The van der Waals surface area contributed by atoms with Crippen LogP contribution in [0.25, 0.3) is 0 Å². The van der Waals surface area contributed by atoms with Crippen molar-refractivity contribution in [2.24, 2.45) is 0 Å². The molecule has 0 saturated heterocycles. The molecule has 1 saturated carbocycles. The Morgan fingerprint density at radius 3 is 2.59 bits per heavy atom. The predicted octanol–water partition coefficient (Wildman–Crippen LogP) is 6.99. The van der Waals surface area contributed by atoms with Gasteiger partial charge in [-0.2, -0.15) is 0 Å². The highest BCUT2D eigenvalue weighted by Crippen LogP contribution is 2.45. The normalized spacial score (nSPS) is 16.3. The summed E-state index contributed by atoms with van der Waals surface area (Å²) in [6.07, 6.45) is 9.84. The zero-order chi connectivity index (χ0) is 22.7. The molecule has 2 aromatic carbocycles. The van der Waals surface area contributed by atoms with Crippen molar-refractivity contribution in [2.75, 3.05) is 18.9 Å². The van der Waals surface area contributed by atoms with Crippen molar-refractivity contribution in [3.63, 3.8) is 0 Å². The molecule has 1 unspecified atom stereocenters. The van der Waals surface area contributed by atoms with E-state index >= 15 is 0 Å². The van der Waals surface area contributed by atoms with Crippen molar-refractivity contribution in [1.29, 1.82) is 0 Å². The van der Waals surface area contributed by atoms with Gasteiger partial charge < -0.3 is 14.7 Å². The predicted molar refractivity (Wildman–Crippen MR) is 136 cm³/mol. The van der Waals surface area contributed by atoms with Gasteiger partial charge in [0.25, 0.3) is 0 Å². The van der Waals surface area contributed by atoms with Crippen LogP contribution < -0.4 is 5.32 Å². The second-order valence-electron chi connectivity index (χ2n) is 8.57. The molecule has 0 heterocycles. The molecule has 1 fully saturated rings. The van der Waals surface area contributed by atoms with E-state index in [1.54, 1.807) is 0 Å². The average Bonchev–Trinajstić information content (AvgIpc) is 3.28. The lowest BCUT2D eigenvalue weighted by atomic mass is 9.75. The van der Waals surface area contributed by atoms with Crippen molar-refractivity contribution >= 4 is 31.6 Å². The number of hydrogen-bond acceptors (Lipinski definition) is 4. The topological polar surface area (TPSA) is 58.6 Å². The van der Waals surface area contributed by atoms with E-state index in [1.165, 1.54) is 50.5 Å². The third-order valence-electron chi connectivity index (χ3n) is 6.30. The zero-order valence-electron chi connectivity index (χ0n) is 18.7. The number of hydrogen-bond donors (Lipinski definition) is 2. The monoisotopic (exact) mass is 495 g/mol. The van der Waals surface area contributed by atoms with Crippen LogP contribution >= 0.6 is 31.6 Å². The molecule has 1 atom stereocenters. The highest BCUT2D eigenvalue weighted by atomic mass is 35.5. The minimum absolute atomic E-state index is 0.296. The van der Waals surface area contributed by atoms with Gasteiger partial charge in [0, 0.05) is 11.4 Å². The SMILES string of the molecule is O=[PH](O)OCCCNCc1ccc(SCCCCC2(c3ccccc3)CCCC2)c(Cl)c1. The summed E-state index contributed by atoms with van der Waals surface area (Å²) in [5.41, 5.74) is 3.08. The van der Waals surface area contributed by atoms with Gasteiger partial charge in [-0.1, -0.05) is 67.3 Å². The van der Waals surface area contributed by atoms with Gasteiger partial charge in [0.05, 0.1) is 11.6 Å². The Labute approximate surface area is 202 Å². The second-order valence-corrected chi connectivity index (χ2v) is 10.9. The highest BCUT2D eigenvalue weighted by Gasteiger charge is 2.34. The molecule has 2 aromatic rings. The van der Waals surface area contributed by atoms with Gasteiger partial charge >= 0.3 is 8.25 Å². The van der Waals surface area contributed by atoms with Crippen molar-refractivity contribution in [1.82, 2.24) is 5.32 Å². The van der Waals surface area contributed by atoms with Crippen LogP contribution in [0.15, 0.2) is 53.4 Å². The molecule has 3 rings (SSSR count). The average molecular weight is 496 g/mol. The third kappa shape index (κ3) is 8.20. The number of nitrogens with one attached hydrogen (secondary N) is 1. The summed E-state index contributed by atoms with van der Waals surface area (Å²) in [6.45, 7) is 1.75. The van der Waals surface area contributed by atoms with Gasteiger partial charge in [-0.05, 0) is 73.1 Å². The fraction of sp³-hybridized carbons (Fsp3) is 0.520. The minimum Gasteiger partial charge on any atom is -0.326 e. The van der Waals surface area contributed by atoms with Gasteiger partial charge in [-0.15, -0.1) is 11.8 Å². The van der Waals surface area contributed by atoms with E-state index in [2.05, 4.69) is 52.3 Å².